The predicted octanol–water partition coefficient (Wildman–Crippen LogP) is 4.41. The minimum atomic E-state index is 0.225. The van der Waals surface area contributed by atoms with Crippen molar-refractivity contribution in [3.8, 4) is 0 Å². The molecule has 0 aliphatic rings. The summed E-state index contributed by atoms with van der Waals surface area (Å²) in [4.78, 5) is 5.40. The Balaban J connectivity index is 3.01. The lowest BCUT2D eigenvalue weighted by Crippen LogP contribution is -2.40. The summed E-state index contributed by atoms with van der Waals surface area (Å²) in [5, 5.41) is 0. The highest BCUT2D eigenvalue weighted by Gasteiger charge is 2.25. The second kappa shape index (κ2) is 7.06. The first-order valence-corrected chi connectivity index (χ1v) is 8.54. The normalized spacial score (nSPS) is 14.6. The van der Waals surface area contributed by atoms with Gasteiger partial charge in [0.1, 0.15) is 0 Å². The minimum absolute atomic E-state index is 0.225. The van der Waals surface area contributed by atoms with Gasteiger partial charge in [-0.3, -0.25) is 4.90 Å². The molecule has 0 saturated carbocycles. The number of rotatable bonds is 6. The van der Waals surface area contributed by atoms with Gasteiger partial charge in [0.15, 0.2) is 0 Å². The lowest BCUT2D eigenvalue weighted by molar-refractivity contribution is 0.140. The Morgan fingerprint density at radius 1 is 1.15 bits per heavy atom. The number of nitrogens with two attached hydrogens (primary N) is 1. The molecule has 20 heavy (non-hydrogen) atoms. The van der Waals surface area contributed by atoms with Crippen LogP contribution in [0, 0.1) is 5.92 Å². The number of hydrogen-bond acceptors (Lipinski definition) is 3. The summed E-state index contributed by atoms with van der Waals surface area (Å²) < 4.78 is 0. The third kappa shape index (κ3) is 4.57. The van der Waals surface area contributed by atoms with E-state index in [1.54, 1.807) is 0 Å². The Hall–Kier alpha value is -0.380. The van der Waals surface area contributed by atoms with Gasteiger partial charge in [-0.1, -0.05) is 34.6 Å². The minimum Gasteiger partial charge on any atom is -0.329 e. The summed E-state index contributed by atoms with van der Waals surface area (Å²) in [6.45, 7) is 17.7. The molecule has 0 fully saturated rings. The summed E-state index contributed by atoms with van der Waals surface area (Å²) in [5.74, 6) is 0.661. The fourth-order valence-electron chi connectivity index (χ4n) is 2.47. The van der Waals surface area contributed by atoms with E-state index in [1.165, 1.54) is 9.75 Å². The van der Waals surface area contributed by atoms with Crippen LogP contribution < -0.4 is 5.73 Å². The molecule has 0 spiro atoms. The van der Waals surface area contributed by atoms with E-state index in [1.807, 2.05) is 11.3 Å². The lowest BCUT2D eigenvalue weighted by atomic mass is 9.95. The van der Waals surface area contributed by atoms with Gasteiger partial charge in [0.05, 0.1) is 6.04 Å². The molecule has 1 rings (SSSR count). The Morgan fingerprint density at radius 3 is 2.10 bits per heavy atom. The summed E-state index contributed by atoms with van der Waals surface area (Å²) in [6.07, 6.45) is 0. The number of hydrogen-bond donors (Lipinski definition) is 1. The molecular weight excluding hydrogens is 264 g/mol. The first-order valence-electron chi connectivity index (χ1n) is 7.72. The highest BCUT2D eigenvalue weighted by Crippen LogP contribution is 2.34. The zero-order valence-corrected chi connectivity index (χ0v) is 15.1. The third-order valence-corrected chi connectivity index (χ3v) is 5.17. The molecule has 0 aliphatic carbocycles. The zero-order chi connectivity index (χ0) is 15.5. The molecule has 2 N–H and O–H groups in total. The summed E-state index contributed by atoms with van der Waals surface area (Å²) in [7, 11) is 0. The molecular formula is C17H32N2S. The van der Waals surface area contributed by atoms with Gasteiger partial charge >= 0.3 is 0 Å². The van der Waals surface area contributed by atoms with E-state index in [0.29, 0.717) is 24.5 Å². The van der Waals surface area contributed by atoms with Crippen molar-refractivity contribution >= 4 is 11.3 Å². The summed E-state index contributed by atoms with van der Waals surface area (Å²) >= 11 is 1.92. The molecule has 0 bridgehead atoms. The maximum atomic E-state index is 6.10. The zero-order valence-electron chi connectivity index (χ0n) is 14.2. The maximum absolute atomic E-state index is 6.10. The van der Waals surface area contributed by atoms with Crippen LogP contribution in [0.4, 0.5) is 0 Å². The van der Waals surface area contributed by atoms with E-state index in [0.717, 1.165) is 6.54 Å². The van der Waals surface area contributed by atoms with Gasteiger partial charge in [-0.05, 0) is 37.3 Å². The fourth-order valence-corrected chi connectivity index (χ4v) is 3.67. The standard InChI is InChI=1S/C17H32N2S/c1-12(2)11-19(13(3)4)14(10-18)15-8-9-16(20-15)17(5,6)7/h8-9,12-14H,10-11,18H2,1-7H3. The van der Waals surface area contributed by atoms with Crippen LogP contribution in [0.15, 0.2) is 12.1 Å². The average Bonchev–Trinajstić information content (AvgIpc) is 2.77. The van der Waals surface area contributed by atoms with Crippen molar-refractivity contribution in [2.24, 2.45) is 11.7 Å². The van der Waals surface area contributed by atoms with Gasteiger partial charge in [0.2, 0.25) is 0 Å². The first kappa shape index (κ1) is 17.7. The van der Waals surface area contributed by atoms with Gasteiger partial charge in [0, 0.05) is 28.9 Å². The van der Waals surface area contributed by atoms with Gasteiger partial charge < -0.3 is 5.73 Å². The van der Waals surface area contributed by atoms with Crippen molar-refractivity contribution in [1.29, 1.82) is 0 Å². The Morgan fingerprint density at radius 2 is 1.75 bits per heavy atom. The van der Waals surface area contributed by atoms with E-state index in [4.69, 9.17) is 5.73 Å². The molecule has 1 atom stereocenters. The lowest BCUT2D eigenvalue weighted by Gasteiger charge is -2.35. The van der Waals surface area contributed by atoms with E-state index >= 15 is 0 Å². The van der Waals surface area contributed by atoms with Crippen molar-refractivity contribution in [2.75, 3.05) is 13.1 Å². The van der Waals surface area contributed by atoms with Crippen LogP contribution in [-0.2, 0) is 5.41 Å². The molecule has 0 saturated heterocycles. The molecule has 0 amide bonds. The van der Waals surface area contributed by atoms with Crippen LogP contribution in [0.2, 0.25) is 0 Å². The van der Waals surface area contributed by atoms with Crippen LogP contribution >= 0.6 is 11.3 Å². The second-order valence-electron chi connectivity index (χ2n) is 7.39. The Bertz CT molecular complexity index is 401. The van der Waals surface area contributed by atoms with Gasteiger partial charge in [-0.2, -0.15) is 0 Å². The molecule has 1 unspecified atom stereocenters. The van der Waals surface area contributed by atoms with Crippen LogP contribution in [0.3, 0.4) is 0 Å². The molecule has 2 nitrogen and oxygen atoms in total. The van der Waals surface area contributed by atoms with E-state index in [-0.39, 0.29) is 5.41 Å². The summed E-state index contributed by atoms with van der Waals surface area (Å²) in [5.41, 5.74) is 6.33. The predicted molar refractivity (Wildman–Crippen MR) is 91.5 cm³/mol. The molecule has 3 heteroatoms. The second-order valence-corrected chi connectivity index (χ2v) is 8.50. The van der Waals surface area contributed by atoms with Crippen LogP contribution in [0.25, 0.3) is 0 Å². The highest BCUT2D eigenvalue weighted by molar-refractivity contribution is 7.12. The largest absolute Gasteiger partial charge is 0.329 e. The average molecular weight is 297 g/mol. The fraction of sp³-hybridized carbons (Fsp3) is 0.765. The molecule has 0 aromatic carbocycles. The topological polar surface area (TPSA) is 29.3 Å². The molecule has 1 heterocycles. The summed E-state index contributed by atoms with van der Waals surface area (Å²) in [6, 6.07) is 5.42. The van der Waals surface area contributed by atoms with Crippen molar-refractivity contribution in [1.82, 2.24) is 4.90 Å². The van der Waals surface area contributed by atoms with Gasteiger partial charge in [0.25, 0.3) is 0 Å². The SMILES string of the molecule is CC(C)CN(C(C)C)C(CN)c1ccc(C(C)(C)C)s1. The smallest absolute Gasteiger partial charge is 0.0566 e. The van der Waals surface area contributed by atoms with Crippen molar-refractivity contribution in [2.45, 2.75) is 66.0 Å². The molecule has 1 aromatic rings. The van der Waals surface area contributed by atoms with Crippen molar-refractivity contribution < 1.29 is 0 Å². The van der Waals surface area contributed by atoms with Crippen LogP contribution in [0.1, 0.15) is 64.3 Å². The van der Waals surface area contributed by atoms with Gasteiger partial charge in [-0.15, -0.1) is 11.3 Å². The Labute approximate surface area is 129 Å². The molecule has 0 aliphatic heterocycles. The highest BCUT2D eigenvalue weighted by atomic mass is 32.1. The third-order valence-electron chi connectivity index (χ3n) is 3.56. The van der Waals surface area contributed by atoms with E-state index in [2.05, 4.69) is 65.5 Å². The van der Waals surface area contributed by atoms with Gasteiger partial charge in [-0.25, -0.2) is 0 Å². The Kier molecular flexibility index (Phi) is 6.24. The quantitative estimate of drug-likeness (QED) is 0.842. The molecule has 116 valence electrons. The van der Waals surface area contributed by atoms with Crippen LogP contribution in [-0.4, -0.2) is 24.0 Å². The van der Waals surface area contributed by atoms with Crippen molar-refractivity contribution in [3.05, 3.63) is 21.9 Å². The van der Waals surface area contributed by atoms with Crippen LogP contribution in [0.5, 0.6) is 0 Å². The molecule has 0 radical (unpaired) electrons. The first-order chi connectivity index (χ1) is 9.16. The maximum Gasteiger partial charge on any atom is 0.0566 e. The molecule has 1 aromatic heterocycles. The van der Waals surface area contributed by atoms with Crippen molar-refractivity contribution in [3.63, 3.8) is 0 Å². The number of thiophene rings is 1. The van der Waals surface area contributed by atoms with E-state index in [9.17, 15) is 0 Å². The number of nitrogens with zero attached hydrogens (tertiary/aromatic N) is 1. The van der Waals surface area contributed by atoms with E-state index < -0.39 is 0 Å². The monoisotopic (exact) mass is 296 g/mol.